The number of aldehydes is 1. The van der Waals surface area contributed by atoms with Crippen molar-refractivity contribution in [3.8, 4) is 5.75 Å². The molecule has 0 amide bonds. The van der Waals surface area contributed by atoms with E-state index in [9.17, 15) is 4.79 Å². The van der Waals surface area contributed by atoms with Gasteiger partial charge in [0.25, 0.3) is 0 Å². The number of aromatic nitrogens is 4. The Balaban J connectivity index is 0.000000188. The minimum absolute atomic E-state index is 0.369. The van der Waals surface area contributed by atoms with Crippen molar-refractivity contribution in [1.29, 1.82) is 0 Å². The lowest BCUT2D eigenvalue weighted by Crippen LogP contribution is -2.02. The van der Waals surface area contributed by atoms with Crippen LogP contribution in [-0.2, 0) is 4.79 Å². The van der Waals surface area contributed by atoms with Crippen molar-refractivity contribution < 1.29 is 9.53 Å². The molecule has 2 aromatic carbocycles. The van der Waals surface area contributed by atoms with Crippen LogP contribution in [0.5, 0.6) is 5.75 Å². The molecule has 3 N–H and O–H groups in total. The Morgan fingerprint density at radius 3 is 2.37 bits per heavy atom. The smallest absolute Gasteiger partial charge is 0.161 e. The van der Waals surface area contributed by atoms with Gasteiger partial charge in [0.15, 0.2) is 5.82 Å². The maximum Gasteiger partial charge on any atom is 0.161 e. The highest BCUT2D eigenvalue weighted by Gasteiger charge is 2.19. The van der Waals surface area contributed by atoms with E-state index in [1.165, 1.54) is 0 Å². The van der Waals surface area contributed by atoms with Crippen LogP contribution in [0.2, 0.25) is 0 Å². The van der Waals surface area contributed by atoms with Gasteiger partial charge in [-0.15, -0.1) is 0 Å². The van der Waals surface area contributed by atoms with Gasteiger partial charge in [0.2, 0.25) is 0 Å². The van der Waals surface area contributed by atoms with Gasteiger partial charge >= 0.3 is 0 Å². The molecule has 2 heterocycles. The molecule has 8 heteroatoms. The third-order valence-electron chi connectivity index (χ3n) is 5.36. The fourth-order valence-corrected chi connectivity index (χ4v) is 3.12. The number of fused-ring (bicyclic) bond motifs is 1. The molecule has 1 saturated carbocycles. The van der Waals surface area contributed by atoms with Gasteiger partial charge < -0.3 is 20.2 Å². The topological polar surface area (TPSA) is 105 Å². The second-order valence-electron chi connectivity index (χ2n) is 8.57. The molecule has 8 nitrogen and oxygen atoms in total. The van der Waals surface area contributed by atoms with E-state index in [-0.39, 0.29) is 0 Å². The van der Waals surface area contributed by atoms with Gasteiger partial charge in [0.05, 0.1) is 12.6 Å². The van der Waals surface area contributed by atoms with Crippen molar-refractivity contribution in [1.82, 2.24) is 20.2 Å². The van der Waals surface area contributed by atoms with Crippen molar-refractivity contribution in [2.45, 2.75) is 39.5 Å². The molecule has 35 heavy (non-hydrogen) atoms. The minimum Gasteiger partial charge on any atom is -0.497 e. The first-order chi connectivity index (χ1) is 16.9. The SMILES string of the molecule is CNc1ccc(OC)cc1.Cc1nc(Nc2n[nH]c3ccccc23)cc(C(C)C)n1.O=CC1CC1. The fourth-order valence-electron chi connectivity index (χ4n) is 3.12. The Kier molecular flexibility index (Phi) is 9.17. The molecule has 1 aliphatic carbocycles. The van der Waals surface area contributed by atoms with Gasteiger partial charge in [0, 0.05) is 35.8 Å². The van der Waals surface area contributed by atoms with Crippen LogP contribution in [0.25, 0.3) is 10.9 Å². The van der Waals surface area contributed by atoms with E-state index >= 15 is 0 Å². The highest BCUT2D eigenvalue weighted by molar-refractivity contribution is 5.90. The number of hydrogen-bond donors (Lipinski definition) is 3. The molecule has 2 aromatic heterocycles. The van der Waals surface area contributed by atoms with E-state index < -0.39 is 0 Å². The molecule has 4 aromatic rings. The molecule has 184 valence electrons. The van der Waals surface area contributed by atoms with E-state index in [2.05, 4.69) is 44.6 Å². The number of rotatable bonds is 6. The highest BCUT2D eigenvalue weighted by Crippen LogP contribution is 2.25. The van der Waals surface area contributed by atoms with Crippen LogP contribution in [0.15, 0.2) is 54.6 Å². The number of hydrogen-bond acceptors (Lipinski definition) is 7. The standard InChI is InChI=1S/C15H17N5.C8H11NO.C4H6O/c1-9(2)13-8-14(17-10(3)16-13)18-15-11-6-4-5-7-12(11)19-20-15;1-9-7-3-5-8(10-2)6-4-7;5-3-4-1-2-4/h4-9H,1-3H3,(H2,16,17,18,19,20);3-6,9H,1-2H3;3-4H,1-2H2. The Labute approximate surface area is 206 Å². The van der Waals surface area contributed by atoms with Gasteiger partial charge in [-0.05, 0) is 62.1 Å². The van der Waals surface area contributed by atoms with Gasteiger partial charge in [-0.1, -0.05) is 26.0 Å². The second-order valence-corrected chi connectivity index (χ2v) is 8.57. The van der Waals surface area contributed by atoms with Crippen molar-refractivity contribution in [2.75, 3.05) is 24.8 Å². The molecule has 0 atom stereocenters. The number of benzene rings is 2. The number of nitrogens with zero attached hydrogens (tertiary/aromatic N) is 3. The summed E-state index contributed by atoms with van der Waals surface area (Å²) in [5, 5.41) is 14.6. The average Bonchev–Trinajstić information content (AvgIpc) is 3.65. The number of aryl methyl sites for hydroxylation is 1. The first kappa shape index (κ1) is 25.7. The average molecular weight is 475 g/mol. The molecule has 0 aliphatic heterocycles. The van der Waals surface area contributed by atoms with Gasteiger partial charge in [-0.2, -0.15) is 5.10 Å². The van der Waals surface area contributed by atoms with Crippen LogP contribution in [0.1, 0.15) is 44.1 Å². The second kappa shape index (κ2) is 12.5. The molecule has 0 bridgehead atoms. The maximum absolute atomic E-state index is 9.57. The van der Waals surface area contributed by atoms with Gasteiger partial charge in [-0.3, -0.25) is 5.10 Å². The Bertz CT molecular complexity index is 1190. The van der Waals surface area contributed by atoms with Crippen LogP contribution in [0, 0.1) is 12.8 Å². The minimum atomic E-state index is 0.369. The van der Waals surface area contributed by atoms with Crippen molar-refractivity contribution in [2.24, 2.45) is 5.92 Å². The number of para-hydroxylation sites is 1. The third-order valence-corrected chi connectivity index (χ3v) is 5.36. The number of ether oxygens (including phenoxy) is 1. The van der Waals surface area contributed by atoms with E-state index in [1.807, 2.05) is 68.6 Å². The summed E-state index contributed by atoms with van der Waals surface area (Å²) in [6.07, 6.45) is 3.31. The Hall–Kier alpha value is -3.94. The maximum atomic E-state index is 9.57. The van der Waals surface area contributed by atoms with E-state index in [1.54, 1.807) is 7.11 Å². The summed E-state index contributed by atoms with van der Waals surface area (Å²) in [7, 11) is 3.55. The summed E-state index contributed by atoms with van der Waals surface area (Å²) in [4.78, 5) is 18.4. The first-order valence-electron chi connectivity index (χ1n) is 11.8. The molecular formula is C27H34N6O2. The van der Waals surface area contributed by atoms with E-state index in [0.29, 0.717) is 11.8 Å². The summed E-state index contributed by atoms with van der Waals surface area (Å²) >= 11 is 0. The number of carbonyl (C=O) groups is 1. The number of aromatic amines is 1. The molecule has 5 rings (SSSR count). The number of nitrogens with one attached hydrogen (secondary N) is 3. The number of methoxy groups -OCH3 is 1. The zero-order valence-electron chi connectivity index (χ0n) is 21.0. The normalized spacial score (nSPS) is 12.2. The Morgan fingerprint density at radius 1 is 1.09 bits per heavy atom. The molecule has 0 radical (unpaired) electrons. The monoisotopic (exact) mass is 474 g/mol. The van der Waals surface area contributed by atoms with Crippen molar-refractivity contribution in [3.05, 3.63) is 66.1 Å². The van der Waals surface area contributed by atoms with Crippen LogP contribution in [-0.4, -0.2) is 40.6 Å². The molecule has 1 fully saturated rings. The number of H-pyrrole nitrogens is 1. The number of anilines is 3. The van der Waals surface area contributed by atoms with Crippen LogP contribution in [0.4, 0.5) is 17.3 Å². The summed E-state index contributed by atoms with van der Waals surface area (Å²) in [6, 6.07) is 17.8. The highest BCUT2D eigenvalue weighted by atomic mass is 16.5. The molecular weight excluding hydrogens is 440 g/mol. The lowest BCUT2D eigenvalue weighted by molar-refractivity contribution is -0.108. The zero-order chi connectivity index (χ0) is 25.2. The predicted molar refractivity (Wildman–Crippen MR) is 142 cm³/mol. The van der Waals surface area contributed by atoms with Crippen LogP contribution >= 0.6 is 0 Å². The van der Waals surface area contributed by atoms with Crippen molar-refractivity contribution >= 4 is 34.5 Å². The third kappa shape index (κ3) is 7.81. The molecule has 1 aliphatic rings. The molecule has 0 unspecified atom stereocenters. The zero-order valence-corrected chi connectivity index (χ0v) is 21.0. The predicted octanol–water partition coefficient (Wildman–Crippen LogP) is 5.86. The van der Waals surface area contributed by atoms with Gasteiger partial charge in [-0.25, -0.2) is 9.97 Å². The van der Waals surface area contributed by atoms with E-state index in [4.69, 9.17) is 4.74 Å². The van der Waals surface area contributed by atoms with Gasteiger partial charge in [0.1, 0.15) is 23.7 Å². The first-order valence-corrected chi connectivity index (χ1v) is 11.8. The fraction of sp³-hybridized carbons (Fsp3) is 0.333. The summed E-state index contributed by atoms with van der Waals surface area (Å²) in [5.74, 6) is 4.03. The summed E-state index contributed by atoms with van der Waals surface area (Å²) in [6.45, 7) is 6.14. The lowest BCUT2D eigenvalue weighted by Gasteiger charge is -2.09. The van der Waals surface area contributed by atoms with Crippen LogP contribution in [0.3, 0.4) is 0 Å². The number of carbonyl (C=O) groups excluding carboxylic acids is 1. The Morgan fingerprint density at radius 2 is 1.80 bits per heavy atom. The van der Waals surface area contributed by atoms with Crippen LogP contribution < -0.4 is 15.4 Å². The quantitative estimate of drug-likeness (QED) is 0.301. The van der Waals surface area contributed by atoms with E-state index in [0.717, 1.165) is 64.6 Å². The largest absolute Gasteiger partial charge is 0.497 e. The molecule has 0 saturated heterocycles. The summed E-state index contributed by atoms with van der Waals surface area (Å²) in [5.41, 5.74) is 3.13. The summed E-state index contributed by atoms with van der Waals surface area (Å²) < 4.78 is 4.99. The van der Waals surface area contributed by atoms with Crippen molar-refractivity contribution in [3.63, 3.8) is 0 Å². The lowest BCUT2D eigenvalue weighted by atomic mass is 10.1. The molecule has 0 spiro atoms.